The predicted octanol–water partition coefficient (Wildman–Crippen LogP) is 2.54. The Kier molecular flexibility index (Phi) is 1.68. The van der Waals surface area contributed by atoms with E-state index in [1.807, 2.05) is 0 Å². The average Bonchev–Trinajstić information content (AvgIpc) is 3.03. The number of carbonyl (C=O) groups is 1. The van der Waals surface area contributed by atoms with Crippen LogP contribution in [0, 0.1) is 29.6 Å². The van der Waals surface area contributed by atoms with Gasteiger partial charge in [-0.25, -0.2) is 0 Å². The molecule has 0 aliphatic heterocycles. The molecule has 2 nitrogen and oxygen atoms in total. The summed E-state index contributed by atoms with van der Waals surface area (Å²) in [6.07, 6.45) is 6.57. The van der Waals surface area contributed by atoms with E-state index in [2.05, 4.69) is 0 Å². The lowest BCUT2D eigenvalue weighted by atomic mass is 9.77. The molecule has 0 saturated heterocycles. The van der Waals surface area contributed by atoms with Gasteiger partial charge in [0.15, 0.2) is 0 Å². The zero-order valence-corrected chi connectivity index (χ0v) is 9.74. The zero-order valence-electron chi connectivity index (χ0n) is 9.74. The van der Waals surface area contributed by atoms with Gasteiger partial charge in [0.05, 0.1) is 13.0 Å². The molecule has 4 aliphatic rings. The van der Waals surface area contributed by atoms with Gasteiger partial charge in [-0.15, -0.1) is 0 Å². The topological polar surface area (TPSA) is 26.3 Å². The average molecular weight is 218 g/mol. The predicted molar refractivity (Wildman–Crippen MR) is 59.6 cm³/mol. The first kappa shape index (κ1) is 9.26. The van der Waals surface area contributed by atoms with Gasteiger partial charge in [0.2, 0.25) is 0 Å². The Bertz CT molecular complexity index is 396. The van der Waals surface area contributed by atoms with Crippen LogP contribution in [-0.2, 0) is 9.53 Å². The van der Waals surface area contributed by atoms with Crippen molar-refractivity contribution in [2.45, 2.75) is 32.1 Å². The van der Waals surface area contributed by atoms with E-state index in [-0.39, 0.29) is 11.9 Å². The molecule has 2 fully saturated rings. The third kappa shape index (κ3) is 0.922. The number of carbonyl (C=O) groups excluding carboxylic acids is 1. The second-order valence-corrected chi connectivity index (χ2v) is 6.02. The molecule has 4 aliphatic carbocycles. The van der Waals surface area contributed by atoms with Crippen molar-refractivity contribution >= 4 is 5.97 Å². The molecule has 0 aromatic carbocycles. The van der Waals surface area contributed by atoms with Crippen molar-refractivity contribution in [3.63, 3.8) is 0 Å². The van der Waals surface area contributed by atoms with Crippen LogP contribution >= 0.6 is 0 Å². The van der Waals surface area contributed by atoms with E-state index >= 15 is 0 Å². The van der Waals surface area contributed by atoms with Crippen molar-refractivity contribution < 1.29 is 9.53 Å². The minimum absolute atomic E-state index is 0.0434. The first-order valence-electron chi connectivity index (χ1n) is 6.61. The van der Waals surface area contributed by atoms with Crippen molar-refractivity contribution in [1.82, 2.24) is 0 Å². The lowest BCUT2D eigenvalue weighted by molar-refractivity contribution is -0.146. The summed E-state index contributed by atoms with van der Waals surface area (Å²) in [6.45, 7) is 0. The standard InChI is InChI=1S/C14H18O2/c1-16-14(15)11-6-9-5-10(11)13-8-3-2-7(4-8)12(9)13/h7-11H,2-6H2,1H3/t7-,8-,9+,10+,11-/m0/s1. The largest absolute Gasteiger partial charge is 0.469 e. The van der Waals surface area contributed by atoms with Gasteiger partial charge in [0.25, 0.3) is 0 Å². The number of ether oxygens (including phenoxy) is 1. The van der Waals surface area contributed by atoms with Gasteiger partial charge in [-0.1, -0.05) is 11.1 Å². The fourth-order valence-corrected chi connectivity index (χ4v) is 5.15. The maximum Gasteiger partial charge on any atom is 0.309 e. The molecule has 0 heterocycles. The molecular weight excluding hydrogens is 200 g/mol. The van der Waals surface area contributed by atoms with Crippen LogP contribution in [0.4, 0.5) is 0 Å². The van der Waals surface area contributed by atoms with Crippen LogP contribution in [0.1, 0.15) is 32.1 Å². The Balaban J connectivity index is 1.71. The number of fused-ring (bicyclic) bond motifs is 8. The van der Waals surface area contributed by atoms with Gasteiger partial charge >= 0.3 is 5.97 Å². The number of hydrogen-bond donors (Lipinski definition) is 0. The molecule has 0 spiro atoms. The summed E-state index contributed by atoms with van der Waals surface area (Å²) in [4.78, 5) is 11.8. The van der Waals surface area contributed by atoms with Crippen LogP contribution in [0.5, 0.6) is 0 Å². The molecule has 4 rings (SSSR count). The normalized spacial score (nSPS) is 47.7. The second-order valence-electron chi connectivity index (χ2n) is 6.02. The van der Waals surface area contributed by atoms with Crippen LogP contribution < -0.4 is 0 Å². The minimum atomic E-state index is 0.0434. The number of allylic oxidation sites excluding steroid dienone is 2. The zero-order chi connectivity index (χ0) is 10.9. The SMILES string of the molecule is COC(=O)[C@H]1C[C@H]2C[C@H]1C1=C2[C@H]2CC[C@H]1C2. The molecular formula is C14H18O2. The monoisotopic (exact) mass is 218 g/mol. The van der Waals surface area contributed by atoms with E-state index in [0.29, 0.717) is 5.92 Å². The van der Waals surface area contributed by atoms with Crippen molar-refractivity contribution in [2.24, 2.45) is 29.6 Å². The number of hydrogen-bond acceptors (Lipinski definition) is 2. The van der Waals surface area contributed by atoms with Crippen LogP contribution in [-0.4, -0.2) is 13.1 Å². The highest BCUT2D eigenvalue weighted by atomic mass is 16.5. The fourth-order valence-electron chi connectivity index (χ4n) is 5.15. The van der Waals surface area contributed by atoms with Crippen LogP contribution in [0.15, 0.2) is 11.1 Å². The lowest BCUT2D eigenvalue weighted by Crippen LogP contribution is -2.26. The van der Waals surface area contributed by atoms with Crippen molar-refractivity contribution in [3.8, 4) is 0 Å². The molecule has 5 atom stereocenters. The van der Waals surface area contributed by atoms with E-state index in [1.165, 1.54) is 32.8 Å². The van der Waals surface area contributed by atoms with Crippen molar-refractivity contribution in [2.75, 3.05) is 7.11 Å². The molecule has 2 heteroatoms. The second kappa shape index (κ2) is 2.91. The molecule has 16 heavy (non-hydrogen) atoms. The molecule has 86 valence electrons. The molecule has 0 N–H and O–H groups in total. The fraction of sp³-hybridized carbons (Fsp3) is 0.786. The first-order valence-corrected chi connectivity index (χ1v) is 6.61. The smallest absolute Gasteiger partial charge is 0.309 e. The maximum absolute atomic E-state index is 11.8. The third-order valence-electron chi connectivity index (χ3n) is 5.55. The molecule has 0 unspecified atom stereocenters. The molecule has 4 bridgehead atoms. The van der Waals surface area contributed by atoms with E-state index in [1.54, 1.807) is 11.1 Å². The summed E-state index contributed by atoms with van der Waals surface area (Å²) in [5.74, 6) is 3.33. The van der Waals surface area contributed by atoms with Gasteiger partial charge in [0, 0.05) is 0 Å². The maximum atomic E-state index is 11.8. The summed E-state index contributed by atoms with van der Waals surface area (Å²) in [5, 5.41) is 0. The van der Waals surface area contributed by atoms with Gasteiger partial charge in [-0.05, 0) is 55.8 Å². The van der Waals surface area contributed by atoms with Gasteiger partial charge in [0.1, 0.15) is 0 Å². The Morgan fingerprint density at radius 3 is 2.56 bits per heavy atom. The van der Waals surface area contributed by atoms with E-state index in [9.17, 15) is 4.79 Å². The Morgan fingerprint density at radius 1 is 1.06 bits per heavy atom. The van der Waals surface area contributed by atoms with E-state index in [0.717, 1.165) is 24.2 Å². The van der Waals surface area contributed by atoms with E-state index < -0.39 is 0 Å². The van der Waals surface area contributed by atoms with Crippen LogP contribution in [0.25, 0.3) is 0 Å². The highest BCUT2D eigenvalue weighted by Gasteiger charge is 2.56. The Labute approximate surface area is 96.0 Å². The lowest BCUT2D eigenvalue weighted by Gasteiger charge is -2.28. The van der Waals surface area contributed by atoms with Crippen LogP contribution in [0.3, 0.4) is 0 Å². The Hall–Kier alpha value is -0.790. The summed E-state index contributed by atoms with van der Waals surface area (Å²) in [7, 11) is 1.53. The minimum Gasteiger partial charge on any atom is -0.469 e. The highest BCUT2D eigenvalue weighted by Crippen LogP contribution is 2.65. The quantitative estimate of drug-likeness (QED) is 0.384. The van der Waals surface area contributed by atoms with Crippen molar-refractivity contribution in [3.05, 3.63) is 11.1 Å². The number of esters is 1. The van der Waals surface area contributed by atoms with Crippen LogP contribution in [0.2, 0.25) is 0 Å². The van der Waals surface area contributed by atoms with E-state index in [4.69, 9.17) is 4.74 Å². The first-order chi connectivity index (χ1) is 7.79. The van der Waals surface area contributed by atoms with Gasteiger partial charge < -0.3 is 4.74 Å². The summed E-state index contributed by atoms with van der Waals surface area (Å²) in [6, 6.07) is 0. The number of methoxy groups -OCH3 is 1. The summed E-state index contributed by atoms with van der Waals surface area (Å²) in [5.41, 5.74) is 3.53. The summed E-state index contributed by atoms with van der Waals surface area (Å²) < 4.78 is 4.95. The van der Waals surface area contributed by atoms with Gasteiger partial charge in [-0.2, -0.15) is 0 Å². The molecule has 0 aromatic heterocycles. The Morgan fingerprint density at radius 2 is 1.81 bits per heavy atom. The van der Waals surface area contributed by atoms with Gasteiger partial charge in [-0.3, -0.25) is 4.79 Å². The molecule has 0 radical (unpaired) electrons. The number of rotatable bonds is 1. The molecule has 0 amide bonds. The van der Waals surface area contributed by atoms with Crippen molar-refractivity contribution in [1.29, 1.82) is 0 Å². The third-order valence-corrected chi connectivity index (χ3v) is 5.55. The molecule has 2 saturated carbocycles. The summed E-state index contributed by atoms with van der Waals surface area (Å²) >= 11 is 0. The molecule has 0 aromatic rings. The highest BCUT2D eigenvalue weighted by molar-refractivity contribution is 5.74.